The summed E-state index contributed by atoms with van der Waals surface area (Å²) in [6, 6.07) is 11.6. The van der Waals surface area contributed by atoms with Crippen LogP contribution in [-0.4, -0.2) is 29.3 Å². The van der Waals surface area contributed by atoms with Crippen LogP contribution in [0.25, 0.3) is 10.2 Å². The molecular weight excluding hydrogens is 376 g/mol. The van der Waals surface area contributed by atoms with Gasteiger partial charge in [-0.05, 0) is 37.3 Å². The number of ketones is 1. The minimum Gasteiger partial charge on any atom is -0.465 e. The van der Waals surface area contributed by atoms with Crippen LogP contribution in [0, 0.1) is 0 Å². The van der Waals surface area contributed by atoms with Crippen molar-refractivity contribution in [3.63, 3.8) is 0 Å². The molecule has 3 rings (SSSR count). The summed E-state index contributed by atoms with van der Waals surface area (Å²) in [6.07, 6.45) is 1.71. The summed E-state index contributed by atoms with van der Waals surface area (Å²) in [5, 5.41) is 0. The molecule has 2 aromatic carbocycles. The van der Waals surface area contributed by atoms with Crippen LogP contribution in [0.15, 0.2) is 60.1 Å². The van der Waals surface area contributed by atoms with E-state index in [0.717, 1.165) is 10.2 Å². The second-order valence-electron chi connectivity index (χ2n) is 6.01. The number of hydrogen-bond donors (Lipinski definition) is 0. The van der Waals surface area contributed by atoms with Crippen molar-refractivity contribution in [3.8, 4) is 0 Å². The lowest BCUT2D eigenvalue weighted by Gasteiger charge is -2.02. The van der Waals surface area contributed by atoms with Crippen LogP contribution in [0.4, 0.5) is 0 Å². The molecule has 7 heteroatoms. The molecule has 0 bridgehead atoms. The van der Waals surface area contributed by atoms with Gasteiger partial charge in [0.2, 0.25) is 0 Å². The summed E-state index contributed by atoms with van der Waals surface area (Å²) < 4.78 is 7.43. The fraction of sp³-hybridized carbons (Fsp3) is 0.143. The van der Waals surface area contributed by atoms with E-state index in [2.05, 4.69) is 11.6 Å². The predicted octanol–water partition coefficient (Wildman–Crippen LogP) is 3.62. The number of ether oxygens (including phenoxy) is 1. The molecule has 1 amide bonds. The van der Waals surface area contributed by atoms with Crippen LogP contribution in [0.3, 0.4) is 0 Å². The molecule has 0 saturated heterocycles. The van der Waals surface area contributed by atoms with E-state index in [1.165, 1.54) is 25.4 Å². The number of Topliss-reactive ketones (excluding diaryl/α,β-unsaturated/α-hetero) is 1. The summed E-state index contributed by atoms with van der Waals surface area (Å²) in [4.78, 5) is 40.5. The Kier molecular flexibility index (Phi) is 5.65. The lowest BCUT2D eigenvalue weighted by Crippen LogP contribution is -2.16. The number of carbonyl (C=O) groups excluding carboxylic acids is 3. The van der Waals surface area contributed by atoms with Gasteiger partial charge in [-0.2, -0.15) is 4.99 Å². The maximum absolute atomic E-state index is 12.6. The second kappa shape index (κ2) is 8.14. The molecule has 0 atom stereocenters. The van der Waals surface area contributed by atoms with E-state index in [0.29, 0.717) is 28.0 Å². The van der Waals surface area contributed by atoms with Crippen LogP contribution in [0.1, 0.15) is 38.0 Å². The largest absolute Gasteiger partial charge is 0.465 e. The number of carbonyl (C=O) groups is 3. The van der Waals surface area contributed by atoms with E-state index < -0.39 is 11.9 Å². The Morgan fingerprint density at radius 3 is 2.36 bits per heavy atom. The molecule has 0 saturated carbocycles. The first-order chi connectivity index (χ1) is 13.4. The highest BCUT2D eigenvalue weighted by Gasteiger charge is 2.12. The minimum absolute atomic E-state index is 0.0642. The molecule has 0 N–H and O–H groups in total. The Hall–Kier alpha value is -3.32. The Morgan fingerprint density at radius 2 is 1.75 bits per heavy atom. The third-order valence-corrected chi connectivity index (χ3v) is 5.19. The van der Waals surface area contributed by atoms with Gasteiger partial charge in [-0.25, -0.2) is 4.79 Å². The van der Waals surface area contributed by atoms with Crippen molar-refractivity contribution >= 4 is 39.2 Å². The van der Waals surface area contributed by atoms with Gasteiger partial charge in [-0.1, -0.05) is 29.5 Å². The topological polar surface area (TPSA) is 77.7 Å². The molecule has 0 radical (unpaired) electrons. The number of hydrogen-bond acceptors (Lipinski definition) is 5. The fourth-order valence-corrected chi connectivity index (χ4v) is 3.78. The first-order valence-electron chi connectivity index (χ1n) is 8.47. The molecule has 0 fully saturated rings. The molecular formula is C21H18N2O4S. The van der Waals surface area contributed by atoms with Gasteiger partial charge in [0, 0.05) is 17.7 Å². The standard InChI is InChI=1S/C21H18N2O4S/c1-4-11-23-17-10-9-16(20(26)27-3)12-18(17)28-21(23)22-19(25)15-7-5-14(6-8-15)13(2)24/h4-10,12H,1,11H2,2-3H3. The molecule has 0 aliphatic rings. The SMILES string of the molecule is C=CCn1c(=NC(=O)c2ccc(C(C)=O)cc2)sc2cc(C(=O)OC)ccc21. The fourth-order valence-electron chi connectivity index (χ4n) is 2.71. The highest BCUT2D eigenvalue weighted by atomic mass is 32.1. The second-order valence-corrected chi connectivity index (χ2v) is 7.02. The van der Waals surface area contributed by atoms with Gasteiger partial charge in [-0.15, -0.1) is 6.58 Å². The number of allylic oxidation sites excluding steroid dienone is 1. The lowest BCUT2D eigenvalue weighted by atomic mass is 10.1. The molecule has 0 aliphatic carbocycles. The van der Waals surface area contributed by atoms with Gasteiger partial charge >= 0.3 is 5.97 Å². The highest BCUT2D eigenvalue weighted by molar-refractivity contribution is 7.16. The summed E-state index contributed by atoms with van der Waals surface area (Å²) in [5.41, 5.74) is 2.20. The van der Waals surface area contributed by atoms with Crippen LogP contribution in [-0.2, 0) is 11.3 Å². The Labute approximate surface area is 165 Å². The van der Waals surface area contributed by atoms with Crippen molar-refractivity contribution in [3.05, 3.63) is 76.6 Å². The Bertz CT molecular complexity index is 1150. The van der Waals surface area contributed by atoms with E-state index in [1.54, 1.807) is 48.5 Å². The third kappa shape index (κ3) is 3.84. The molecule has 6 nitrogen and oxygen atoms in total. The number of benzene rings is 2. The van der Waals surface area contributed by atoms with Crippen molar-refractivity contribution in [1.82, 2.24) is 4.57 Å². The summed E-state index contributed by atoms with van der Waals surface area (Å²) >= 11 is 1.30. The van der Waals surface area contributed by atoms with Gasteiger partial charge in [0.25, 0.3) is 5.91 Å². The highest BCUT2D eigenvalue weighted by Crippen LogP contribution is 2.20. The maximum Gasteiger partial charge on any atom is 0.337 e. The first-order valence-corrected chi connectivity index (χ1v) is 9.29. The normalized spacial score (nSPS) is 11.4. The third-order valence-electron chi connectivity index (χ3n) is 4.15. The summed E-state index contributed by atoms with van der Waals surface area (Å²) in [6.45, 7) is 5.69. The number of rotatable bonds is 5. The van der Waals surface area contributed by atoms with Gasteiger partial charge in [-0.3, -0.25) is 9.59 Å². The average molecular weight is 394 g/mol. The summed E-state index contributed by atoms with van der Waals surface area (Å²) in [7, 11) is 1.33. The van der Waals surface area contributed by atoms with Crippen molar-refractivity contribution in [2.24, 2.45) is 4.99 Å². The number of fused-ring (bicyclic) bond motifs is 1. The van der Waals surface area contributed by atoms with Crippen LogP contribution >= 0.6 is 11.3 Å². The zero-order chi connectivity index (χ0) is 20.3. The number of amides is 1. The van der Waals surface area contributed by atoms with Gasteiger partial charge in [0.05, 0.1) is 22.9 Å². The van der Waals surface area contributed by atoms with E-state index in [1.807, 2.05) is 4.57 Å². The molecule has 1 heterocycles. The Balaban J connectivity index is 2.08. The van der Waals surface area contributed by atoms with E-state index in [9.17, 15) is 14.4 Å². The minimum atomic E-state index is -0.425. The van der Waals surface area contributed by atoms with E-state index >= 15 is 0 Å². The van der Waals surface area contributed by atoms with Gasteiger partial charge in [0.1, 0.15) is 0 Å². The number of methoxy groups -OCH3 is 1. The van der Waals surface area contributed by atoms with Crippen LogP contribution in [0.2, 0.25) is 0 Å². The lowest BCUT2D eigenvalue weighted by molar-refractivity contribution is 0.0600. The number of thiazole rings is 1. The predicted molar refractivity (Wildman–Crippen MR) is 108 cm³/mol. The van der Waals surface area contributed by atoms with Crippen molar-refractivity contribution < 1.29 is 19.1 Å². The van der Waals surface area contributed by atoms with E-state index in [-0.39, 0.29) is 5.78 Å². The molecule has 0 spiro atoms. The zero-order valence-electron chi connectivity index (χ0n) is 15.5. The molecule has 1 aromatic heterocycles. The average Bonchev–Trinajstić information content (AvgIpc) is 3.04. The van der Waals surface area contributed by atoms with E-state index in [4.69, 9.17) is 4.74 Å². The monoisotopic (exact) mass is 394 g/mol. The quantitative estimate of drug-likeness (QED) is 0.376. The molecule has 0 unspecified atom stereocenters. The molecule has 3 aromatic rings. The van der Waals surface area contributed by atoms with Crippen molar-refractivity contribution in [2.75, 3.05) is 7.11 Å². The molecule has 142 valence electrons. The van der Waals surface area contributed by atoms with Crippen LogP contribution in [0.5, 0.6) is 0 Å². The van der Waals surface area contributed by atoms with Gasteiger partial charge < -0.3 is 9.30 Å². The number of nitrogens with zero attached hydrogens (tertiary/aromatic N) is 2. The van der Waals surface area contributed by atoms with Crippen molar-refractivity contribution in [1.29, 1.82) is 0 Å². The number of esters is 1. The molecule has 0 aliphatic heterocycles. The zero-order valence-corrected chi connectivity index (χ0v) is 16.3. The number of aromatic nitrogens is 1. The van der Waals surface area contributed by atoms with Gasteiger partial charge in [0.15, 0.2) is 10.6 Å². The summed E-state index contributed by atoms with van der Waals surface area (Å²) in [5.74, 6) is -0.899. The van der Waals surface area contributed by atoms with Crippen LogP contribution < -0.4 is 4.80 Å². The first kappa shape index (κ1) is 19.4. The smallest absolute Gasteiger partial charge is 0.337 e. The van der Waals surface area contributed by atoms with Crippen molar-refractivity contribution in [2.45, 2.75) is 13.5 Å². The molecule has 28 heavy (non-hydrogen) atoms. The Morgan fingerprint density at radius 1 is 1.11 bits per heavy atom. The maximum atomic E-state index is 12.6.